The van der Waals surface area contributed by atoms with Crippen molar-refractivity contribution in [2.75, 3.05) is 10.5 Å². The molecule has 0 radical (unpaired) electrons. The Hall–Kier alpha value is -1.12. The van der Waals surface area contributed by atoms with E-state index in [4.69, 9.17) is 5.14 Å². The van der Waals surface area contributed by atoms with Crippen LogP contribution in [0.3, 0.4) is 0 Å². The Kier molecular flexibility index (Phi) is 4.71. The van der Waals surface area contributed by atoms with Crippen molar-refractivity contribution in [3.63, 3.8) is 0 Å². The lowest BCUT2D eigenvalue weighted by Crippen LogP contribution is -2.17. The molecule has 0 saturated heterocycles. The van der Waals surface area contributed by atoms with Gasteiger partial charge in [-0.25, -0.2) is 22.0 Å². The zero-order valence-electron chi connectivity index (χ0n) is 9.96. The van der Waals surface area contributed by atoms with E-state index in [-0.39, 0.29) is 10.6 Å². The van der Waals surface area contributed by atoms with Crippen LogP contribution in [0.2, 0.25) is 0 Å². The van der Waals surface area contributed by atoms with Gasteiger partial charge in [0.25, 0.3) is 0 Å². The Balaban J connectivity index is 2.82. The van der Waals surface area contributed by atoms with E-state index in [1.807, 2.05) is 6.92 Å². The SMILES string of the molecule is CCCCS(=O)(=O)Nc1ccc(S(N)(=O)=O)cc1. The van der Waals surface area contributed by atoms with E-state index in [1.54, 1.807) is 0 Å². The molecule has 1 rings (SSSR count). The lowest BCUT2D eigenvalue weighted by molar-refractivity contribution is 0.596. The second-order valence-corrected chi connectivity index (χ2v) is 7.25. The van der Waals surface area contributed by atoms with Gasteiger partial charge in [-0.2, -0.15) is 0 Å². The molecule has 0 bridgehead atoms. The lowest BCUT2D eigenvalue weighted by atomic mass is 10.3. The van der Waals surface area contributed by atoms with E-state index in [1.165, 1.54) is 24.3 Å². The predicted octanol–water partition coefficient (Wildman–Crippen LogP) is 0.876. The summed E-state index contributed by atoms with van der Waals surface area (Å²) in [4.78, 5) is -0.0565. The predicted molar refractivity (Wildman–Crippen MR) is 70.1 cm³/mol. The highest BCUT2D eigenvalue weighted by molar-refractivity contribution is 7.92. The summed E-state index contributed by atoms with van der Waals surface area (Å²) in [6.45, 7) is 1.90. The van der Waals surface area contributed by atoms with E-state index >= 15 is 0 Å². The normalized spacial score (nSPS) is 12.3. The molecule has 0 heterocycles. The monoisotopic (exact) mass is 292 g/mol. The van der Waals surface area contributed by atoms with Gasteiger partial charge in [-0.3, -0.25) is 4.72 Å². The van der Waals surface area contributed by atoms with Crippen molar-refractivity contribution in [2.24, 2.45) is 5.14 Å². The Morgan fingerprint density at radius 3 is 2.11 bits per heavy atom. The van der Waals surface area contributed by atoms with Crippen LogP contribution in [0.25, 0.3) is 0 Å². The van der Waals surface area contributed by atoms with Gasteiger partial charge in [0.2, 0.25) is 20.0 Å². The van der Waals surface area contributed by atoms with Crippen molar-refractivity contribution < 1.29 is 16.8 Å². The topological polar surface area (TPSA) is 106 Å². The zero-order valence-corrected chi connectivity index (χ0v) is 11.6. The molecule has 102 valence electrons. The van der Waals surface area contributed by atoms with Crippen LogP contribution in [0.1, 0.15) is 19.8 Å². The highest BCUT2D eigenvalue weighted by atomic mass is 32.2. The van der Waals surface area contributed by atoms with Crippen LogP contribution in [-0.4, -0.2) is 22.6 Å². The highest BCUT2D eigenvalue weighted by Crippen LogP contribution is 2.14. The van der Waals surface area contributed by atoms with Crippen LogP contribution < -0.4 is 9.86 Å². The zero-order chi connectivity index (χ0) is 13.8. The molecule has 0 aliphatic rings. The Morgan fingerprint density at radius 1 is 1.11 bits per heavy atom. The van der Waals surface area contributed by atoms with Gasteiger partial charge in [0.1, 0.15) is 0 Å². The van der Waals surface area contributed by atoms with E-state index in [2.05, 4.69) is 4.72 Å². The lowest BCUT2D eigenvalue weighted by Gasteiger charge is -2.07. The molecule has 0 aromatic heterocycles. The molecular formula is C10H16N2O4S2. The second-order valence-electron chi connectivity index (χ2n) is 3.84. The van der Waals surface area contributed by atoms with Crippen molar-refractivity contribution in [1.29, 1.82) is 0 Å². The fourth-order valence-electron chi connectivity index (χ4n) is 1.28. The summed E-state index contributed by atoms with van der Waals surface area (Å²) in [5, 5.41) is 4.93. The Bertz CT molecular complexity index is 591. The molecule has 0 spiro atoms. The number of anilines is 1. The first-order valence-corrected chi connectivity index (χ1v) is 8.58. The van der Waals surface area contributed by atoms with Crippen molar-refractivity contribution in [3.8, 4) is 0 Å². The number of nitrogens with two attached hydrogens (primary N) is 1. The van der Waals surface area contributed by atoms with Crippen LogP contribution in [0.15, 0.2) is 29.2 Å². The fourth-order valence-corrected chi connectivity index (χ4v) is 3.06. The third-order valence-corrected chi connectivity index (χ3v) is 4.52. The van der Waals surface area contributed by atoms with Gasteiger partial charge in [0.05, 0.1) is 10.6 Å². The molecule has 0 amide bonds. The van der Waals surface area contributed by atoms with Gasteiger partial charge in [-0.15, -0.1) is 0 Å². The molecule has 0 atom stereocenters. The summed E-state index contributed by atoms with van der Waals surface area (Å²) >= 11 is 0. The van der Waals surface area contributed by atoms with Crippen molar-refractivity contribution in [1.82, 2.24) is 0 Å². The number of unbranched alkanes of at least 4 members (excludes halogenated alkanes) is 1. The quantitative estimate of drug-likeness (QED) is 0.811. The minimum atomic E-state index is -3.75. The Morgan fingerprint density at radius 2 is 1.67 bits per heavy atom. The van der Waals surface area contributed by atoms with Crippen LogP contribution >= 0.6 is 0 Å². The van der Waals surface area contributed by atoms with E-state index in [0.717, 1.165) is 6.42 Å². The maximum atomic E-state index is 11.6. The molecule has 3 N–H and O–H groups in total. The van der Waals surface area contributed by atoms with Crippen LogP contribution in [0.5, 0.6) is 0 Å². The summed E-state index contributed by atoms with van der Waals surface area (Å²) in [5.41, 5.74) is 0.318. The highest BCUT2D eigenvalue weighted by Gasteiger charge is 2.11. The van der Waals surface area contributed by atoms with Crippen LogP contribution in [0, 0.1) is 0 Å². The first-order valence-electron chi connectivity index (χ1n) is 5.38. The first-order chi connectivity index (χ1) is 8.24. The minimum absolute atomic E-state index is 0.0421. The number of rotatable bonds is 6. The van der Waals surface area contributed by atoms with Crippen molar-refractivity contribution >= 4 is 25.7 Å². The summed E-state index contributed by atoms with van der Waals surface area (Å²) < 4.78 is 47.6. The second kappa shape index (κ2) is 5.68. The maximum absolute atomic E-state index is 11.6. The van der Waals surface area contributed by atoms with Gasteiger partial charge >= 0.3 is 0 Å². The van der Waals surface area contributed by atoms with Gasteiger partial charge in [0.15, 0.2) is 0 Å². The van der Waals surface area contributed by atoms with Gasteiger partial charge < -0.3 is 0 Å². The summed E-state index contributed by atoms with van der Waals surface area (Å²) in [5.74, 6) is 0.0421. The van der Waals surface area contributed by atoms with Crippen molar-refractivity contribution in [2.45, 2.75) is 24.7 Å². The average molecular weight is 292 g/mol. The fraction of sp³-hybridized carbons (Fsp3) is 0.400. The van der Waals surface area contributed by atoms with Gasteiger partial charge in [-0.1, -0.05) is 13.3 Å². The minimum Gasteiger partial charge on any atom is -0.284 e. The molecule has 8 heteroatoms. The standard InChI is InChI=1S/C10H16N2O4S2/c1-2-3-8-17(13,14)12-9-4-6-10(7-5-9)18(11,15)16/h4-7,12H,2-3,8H2,1H3,(H2,11,15,16). The summed E-state index contributed by atoms with van der Waals surface area (Å²) in [6.07, 6.45) is 1.36. The number of nitrogens with one attached hydrogen (secondary N) is 1. The molecular weight excluding hydrogens is 276 g/mol. The third-order valence-electron chi connectivity index (χ3n) is 2.22. The molecule has 0 aliphatic carbocycles. The first kappa shape index (κ1) is 14.9. The molecule has 0 fully saturated rings. The number of primary sulfonamides is 1. The van der Waals surface area contributed by atoms with Crippen molar-refractivity contribution in [3.05, 3.63) is 24.3 Å². The number of hydrogen-bond donors (Lipinski definition) is 2. The van der Waals surface area contributed by atoms with Gasteiger partial charge in [0, 0.05) is 5.69 Å². The number of sulfonamides is 2. The molecule has 0 aliphatic heterocycles. The van der Waals surface area contributed by atoms with Crippen LogP contribution in [-0.2, 0) is 20.0 Å². The number of benzene rings is 1. The molecule has 1 aromatic carbocycles. The smallest absolute Gasteiger partial charge is 0.238 e. The van der Waals surface area contributed by atoms with E-state index < -0.39 is 20.0 Å². The molecule has 6 nitrogen and oxygen atoms in total. The molecule has 18 heavy (non-hydrogen) atoms. The van der Waals surface area contributed by atoms with Gasteiger partial charge in [-0.05, 0) is 30.7 Å². The number of hydrogen-bond acceptors (Lipinski definition) is 4. The van der Waals surface area contributed by atoms with E-state index in [0.29, 0.717) is 12.1 Å². The largest absolute Gasteiger partial charge is 0.284 e. The average Bonchev–Trinajstić information content (AvgIpc) is 2.25. The summed E-state index contributed by atoms with van der Waals surface area (Å²) in [6, 6.07) is 5.24. The molecule has 0 saturated carbocycles. The summed E-state index contributed by atoms with van der Waals surface area (Å²) in [7, 11) is -7.13. The molecule has 1 aromatic rings. The Labute approximate surface area is 107 Å². The third kappa shape index (κ3) is 4.63. The maximum Gasteiger partial charge on any atom is 0.238 e. The molecule has 0 unspecified atom stereocenters. The van der Waals surface area contributed by atoms with E-state index in [9.17, 15) is 16.8 Å². The van der Waals surface area contributed by atoms with Crippen LogP contribution in [0.4, 0.5) is 5.69 Å².